The highest BCUT2D eigenvalue weighted by atomic mass is 16.1. The van der Waals surface area contributed by atoms with E-state index in [1.54, 1.807) is 0 Å². The van der Waals surface area contributed by atoms with Crippen LogP contribution >= 0.6 is 0 Å². The van der Waals surface area contributed by atoms with Crippen LogP contribution in [0.25, 0.3) is 0 Å². The van der Waals surface area contributed by atoms with Crippen molar-refractivity contribution in [1.82, 2.24) is 0 Å². The first-order valence-electron chi connectivity index (χ1n) is 4.90. The number of hydrogen-bond donors (Lipinski definition) is 0. The zero-order valence-corrected chi connectivity index (χ0v) is 8.48. The second-order valence-electron chi connectivity index (χ2n) is 5.76. The molecule has 68 valence electrons. The molecular weight excluding hydrogens is 148 g/mol. The predicted octanol–water partition coefficient (Wildman–Crippen LogP) is 2.65. The second kappa shape index (κ2) is 1.94. The van der Waals surface area contributed by atoms with Gasteiger partial charge in [-0.1, -0.05) is 27.7 Å². The van der Waals surface area contributed by atoms with Gasteiger partial charge in [0.15, 0.2) is 0 Å². The lowest BCUT2D eigenvalue weighted by Gasteiger charge is -2.60. The van der Waals surface area contributed by atoms with Crippen LogP contribution in [-0.4, -0.2) is 5.78 Å². The van der Waals surface area contributed by atoms with E-state index in [-0.39, 0.29) is 5.41 Å². The summed E-state index contributed by atoms with van der Waals surface area (Å²) in [4.78, 5) is 11.9. The summed E-state index contributed by atoms with van der Waals surface area (Å²) < 4.78 is 0. The summed E-state index contributed by atoms with van der Waals surface area (Å²) >= 11 is 0. The van der Waals surface area contributed by atoms with Crippen molar-refractivity contribution >= 4 is 5.78 Å². The smallest absolute Gasteiger partial charge is 0.142 e. The van der Waals surface area contributed by atoms with Crippen LogP contribution in [0.4, 0.5) is 0 Å². The summed E-state index contributed by atoms with van der Waals surface area (Å²) in [5, 5.41) is 0. The molecule has 0 aliphatic heterocycles. The van der Waals surface area contributed by atoms with E-state index in [2.05, 4.69) is 27.7 Å². The molecule has 3 rings (SSSR count). The minimum Gasteiger partial charge on any atom is -0.299 e. The lowest BCUT2D eigenvalue weighted by Crippen LogP contribution is -2.58. The number of hydrogen-bond acceptors (Lipinski definition) is 1. The van der Waals surface area contributed by atoms with Crippen molar-refractivity contribution in [2.24, 2.45) is 22.7 Å². The number of carbonyl (C=O) groups excluding carboxylic acids is 1. The van der Waals surface area contributed by atoms with E-state index < -0.39 is 0 Å². The molecule has 0 aromatic carbocycles. The molecule has 12 heavy (non-hydrogen) atoms. The van der Waals surface area contributed by atoms with E-state index in [1.807, 2.05) is 0 Å². The molecule has 0 amide bonds. The van der Waals surface area contributed by atoms with E-state index in [9.17, 15) is 4.79 Å². The molecule has 0 unspecified atom stereocenters. The lowest BCUT2D eigenvalue weighted by molar-refractivity contribution is -0.165. The van der Waals surface area contributed by atoms with Crippen LogP contribution in [0.15, 0.2) is 0 Å². The molecule has 0 radical (unpaired) electrons. The normalized spacial score (nSPS) is 42.2. The van der Waals surface area contributed by atoms with E-state index in [0.717, 1.165) is 18.8 Å². The number of fused-ring (bicyclic) bond motifs is 2. The lowest BCUT2D eigenvalue weighted by atomic mass is 9.43. The highest BCUT2D eigenvalue weighted by molar-refractivity contribution is 5.89. The highest BCUT2D eigenvalue weighted by Crippen LogP contribution is 2.61. The molecule has 3 fully saturated rings. The Labute approximate surface area is 74.5 Å². The molecule has 3 saturated carbocycles. The summed E-state index contributed by atoms with van der Waals surface area (Å²) in [5.74, 6) is 1.68. The van der Waals surface area contributed by atoms with Gasteiger partial charge in [0.1, 0.15) is 5.78 Å². The first-order valence-corrected chi connectivity index (χ1v) is 4.90. The molecule has 1 heteroatoms. The van der Waals surface area contributed by atoms with Crippen molar-refractivity contribution in [2.45, 2.75) is 40.5 Å². The van der Waals surface area contributed by atoms with Crippen molar-refractivity contribution in [1.29, 1.82) is 0 Å². The van der Waals surface area contributed by atoms with Crippen LogP contribution in [0.5, 0.6) is 0 Å². The van der Waals surface area contributed by atoms with Gasteiger partial charge >= 0.3 is 0 Å². The Morgan fingerprint density at radius 1 is 1.25 bits per heavy atom. The van der Waals surface area contributed by atoms with Crippen LogP contribution in [0.3, 0.4) is 0 Å². The maximum Gasteiger partial charge on any atom is 0.142 e. The summed E-state index contributed by atoms with van der Waals surface area (Å²) in [6.07, 6.45) is 2.27. The fraction of sp³-hybridized carbons (Fsp3) is 0.909. The molecule has 3 aliphatic rings. The van der Waals surface area contributed by atoms with Crippen molar-refractivity contribution in [3.05, 3.63) is 0 Å². The summed E-state index contributed by atoms with van der Waals surface area (Å²) in [5.41, 5.74) is 0.287. The topological polar surface area (TPSA) is 17.1 Å². The molecular formula is C11H18O. The average Bonchev–Trinajstić information content (AvgIpc) is 1.93. The quantitative estimate of drug-likeness (QED) is 0.540. The molecule has 0 aromatic rings. The van der Waals surface area contributed by atoms with Crippen LogP contribution < -0.4 is 0 Å². The highest BCUT2D eigenvalue weighted by Gasteiger charge is 2.59. The monoisotopic (exact) mass is 166 g/mol. The van der Waals surface area contributed by atoms with E-state index in [4.69, 9.17) is 0 Å². The van der Waals surface area contributed by atoms with Gasteiger partial charge in [-0.2, -0.15) is 0 Å². The zero-order valence-electron chi connectivity index (χ0n) is 8.48. The number of ketones is 1. The molecule has 0 spiro atoms. The summed E-state index contributed by atoms with van der Waals surface area (Å²) in [7, 11) is 0. The van der Waals surface area contributed by atoms with Gasteiger partial charge < -0.3 is 0 Å². The number of Topliss-reactive ketones (excluding diaryl/α,β-unsaturated/α-hetero) is 1. The van der Waals surface area contributed by atoms with Gasteiger partial charge in [-0.15, -0.1) is 0 Å². The van der Waals surface area contributed by atoms with Crippen LogP contribution in [0.1, 0.15) is 40.5 Å². The van der Waals surface area contributed by atoms with Crippen molar-refractivity contribution in [3.63, 3.8) is 0 Å². The van der Waals surface area contributed by atoms with Gasteiger partial charge in [-0.05, 0) is 24.2 Å². The Hall–Kier alpha value is -0.330. The van der Waals surface area contributed by atoms with E-state index in [0.29, 0.717) is 17.1 Å². The third-order valence-electron chi connectivity index (χ3n) is 4.21. The van der Waals surface area contributed by atoms with Crippen molar-refractivity contribution in [3.8, 4) is 0 Å². The maximum atomic E-state index is 11.9. The molecule has 1 nitrogen and oxygen atoms in total. The van der Waals surface area contributed by atoms with Gasteiger partial charge in [-0.25, -0.2) is 0 Å². The molecule has 0 N–H and O–H groups in total. The fourth-order valence-corrected chi connectivity index (χ4v) is 3.00. The van der Waals surface area contributed by atoms with Crippen LogP contribution in [0, 0.1) is 22.7 Å². The van der Waals surface area contributed by atoms with Crippen LogP contribution in [-0.2, 0) is 4.79 Å². The molecule has 0 heterocycles. The third-order valence-corrected chi connectivity index (χ3v) is 4.21. The molecule has 0 saturated heterocycles. The van der Waals surface area contributed by atoms with Gasteiger partial charge in [-0.3, -0.25) is 4.79 Å². The van der Waals surface area contributed by atoms with Crippen molar-refractivity contribution < 1.29 is 4.79 Å². The standard InChI is InChI=1S/C11H18O/c1-10(2)6-7-5-8(9(10)12)11(7,3)4/h7-8H,5-6H2,1-4H3/t7-,8+/m1/s1. The average molecular weight is 166 g/mol. The minimum absolute atomic E-state index is 0.0247. The van der Waals surface area contributed by atoms with Gasteiger partial charge in [0.2, 0.25) is 0 Å². The van der Waals surface area contributed by atoms with Gasteiger partial charge in [0.25, 0.3) is 0 Å². The van der Waals surface area contributed by atoms with Crippen LogP contribution in [0.2, 0.25) is 0 Å². The first kappa shape index (κ1) is 8.28. The SMILES string of the molecule is CC1(C)C[C@H]2C[C@@H](C1=O)C2(C)C. The Kier molecular flexibility index (Phi) is 1.34. The van der Waals surface area contributed by atoms with Gasteiger partial charge in [0, 0.05) is 11.3 Å². The van der Waals surface area contributed by atoms with Gasteiger partial charge in [0.05, 0.1) is 0 Å². The summed E-state index contributed by atoms with van der Waals surface area (Å²) in [6, 6.07) is 0. The molecule has 3 aliphatic carbocycles. The Bertz CT molecular complexity index is 237. The predicted molar refractivity (Wildman–Crippen MR) is 48.8 cm³/mol. The zero-order chi connectivity index (χ0) is 9.15. The summed E-state index contributed by atoms with van der Waals surface area (Å²) in [6.45, 7) is 8.70. The number of carbonyl (C=O) groups is 1. The molecule has 2 bridgehead atoms. The van der Waals surface area contributed by atoms with E-state index in [1.165, 1.54) is 0 Å². The Morgan fingerprint density at radius 3 is 2.17 bits per heavy atom. The Balaban J connectivity index is 2.29. The van der Waals surface area contributed by atoms with E-state index >= 15 is 0 Å². The molecule has 2 atom stereocenters. The fourth-order valence-electron chi connectivity index (χ4n) is 3.00. The first-order chi connectivity index (χ1) is 5.36. The van der Waals surface area contributed by atoms with Crippen molar-refractivity contribution in [2.75, 3.05) is 0 Å². The maximum absolute atomic E-state index is 11.9. The number of rotatable bonds is 0. The minimum atomic E-state index is -0.0247. The molecule has 0 aromatic heterocycles. The largest absolute Gasteiger partial charge is 0.299 e. The second-order valence-corrected chi connectivity index (χ2v) is 5.76. The third kappa shape index (κ3) is 0.773. The Morgan fingerprint density at radius 2 is 1.83 bits per heavy atom.